The van der Waals surface area contributed by atoms with E-state index in [0.29, 0.717) is 24.4 Å². The maximum Gasteiger partial charge on any atom is 0.223 e. The van der Waals surface area contributed by atoms with E-state index in [1.165, 1.54) is 24.0 Å². The van der Waals surface area contributed by atoms with Crippen LogP contribution in [-0.4, -0.2) is 16.9 Å². The van der Waals surface area contributed by atoms with Crippen molar-refractivity contribution in [1.82, 2.24) is 10.3 Å². The molecule has 0 aliphatic heterocycles. The molecule has 1 heterocycles. The fraction of sp³-hybridized carbons (Fsp3) is 0.667. The first kappa shape index (κ1) is 14.2. The number of nitrogens with two attached hydrogens (primary N) is 1. The SMILES string of the molecule is N[C@@H]1C[C@@H]2CC(C(=O)NCc3nccc4c3CCCC4)C[C@@H]21. The van der Waals surface area contributed by atoms with Crippen molar-refractivity contribution in [2.24, 2.45) is 23.5 Å². The minimum absolute atomic E-state index is 0.170. The molecular formula is C18H25N3O. The maximum absolute atomic E-state index is 12.4. The van der Waals surface area contributed by atoms with Crippen LogP contribution in [0.3, 0.4) is 0 Å². The highest BCUT2D eigenvalue weighted by molar-refractivity contribution is 5.79. The van der Waals surface area contributed by atoms with E-state index in [1.54, 1.807) is 0 Å². The van der Waals surface area contributed by atoms with Gasteiger partial charge in [0.05, 0.1) is 12.2 Å². The van der Waals surface area contributed by atoms with Crippen molar-refractivity contribution in [2.45, 2.75) is 57.5 Å². The average Bonchev–Trinajstić information content (AvgIpc) is 2.90. The summed E-state index contributed by atoms with van der Waals surface area (Å²) in [4.78, 5) is 16.9. The number of pyridine rings is 1. The first-order valence-corrected chi connectivity index (χ1v) is 8.71. The Morgan fingerprint density at radius 2 is 2.14 bits per heavy atom. The molecule has 3 N–H and O–H groups in total. The summed E-state index contributed by atoms with van der Waals surface area (Å²) in [5, 5.41) is 3.13. The highest BCUT2D eigenvalue weighted by Gasteiger charge is 2.47. The number of aryl methyl sites for hydroxylation is 1. The Labute approximate surface area is 131 Å². The molecule has 4 heteroatoms. The van der Waals surface area contributed by atoms with Crippen molar-refractivity contribution in [2.75, 3.05) is 0 Å². The Kier molecular flexibility index (Phi) is 3.65. The summed E-state index contributed by atoms with van der Waals surface area (Å²) >= 11 is 0. The number of carbonyl (C=O) groups is 1. The molecule has 2 saturated carbocycles. The zero-order chi connectivity index (χ0) is 15.1. The molecule has 4 nitrogen and oxygen atoms in total. The predicted octanol–water partition coefficient (Wildman–Crippen LogP) is 1.95. The lowest BCUT2D eigenvalue weighted by Crippen LogP contribution is -2.44. The molecule has 3 aliphatic carbocycles. The maximum atomic E-state index is 12.4. The molecule has 1 aromatic rings. The highest BCUT2D eigenvalue weighted by Crippen LogP contribution is 2.48. The Morgan fingerprint density at radius 3 is 2.95 bits per heavy atom. The summed E-state index contributed by atoms with van der Waals surface area (Å²) in [5.74, 6) is 1.67. The Morgan fingerprint density at radius 1 is 1.27 bits per heavy atom. The van der Waals surface area contributed by atoms with Crippen molar-refractivity contribution < 1.29 is 4.79 Å². The van der Waals surface area contributed by atoms with Crippen LogP contribution in [0.2, 0.25) is 0 Å². The average molecular weight is 299 g/mol. The second-order valence-electron chi connectivity index (χ2n) is 7.31. The largest absolute Gasteiger partial charge is 0.350 e. The molecule has 3 aliphatic rings. The molecule has 0 bridgehead atoms. The van der Waals surface area contributed by atoms with Gasteiger partial charge in [0.15, 0.2) is 0 Å². The third kappa shape index (κ3) is 2.43. The highest BCUT2D eigenvalue weighted by atomic mass is 16.1. The van der Waals surface area contributed by atoms with Gasteiger partial charge in [-0.05, 0) is 74.0 Å². The number of hydrogen-bond acceptors (Lipinski definition) is 3. The fourth-order valence-electron chi connectivity index (χ4n) is 4.70. The van der Waals surface area contributed by atoms with Gasteiger partial charge in [0.1, 0.15) is 0 Å². The van der Waals surface area contributed by atoms with Crippen LogP contribution >= 0.6 is 0 Å². The Hall–Kier alpha value is -1.42. The molecule has 0 spiro atoms. The molecule has 118 valence electrons. The van der Waals surface area contributed by atoms with Gasteiger partial charge in [0.25, 0.3) is 0 Å². The second-order valence-corrected chi connectivity index (χ2v) is 7.31. The van der Waals surface area contributed by atoms with Crippen molar-refractivity contribution in [1.29, 1.82) is 0 Å². The van der Waals surface area contributed by atoms with Gasteiger partial charge in [0, 0.05) is 18.2 Å². The zero-order valence-electron chi connectivity index (χ0n) is 13.1. The number of hydrogen-bond donors (Lipinski definition) is 2. The van der Waals surface area contributed by atoms with E-state index in [4.69, 9.17) is 5.73 Å². The number of aromatic nitrogens is 1. The second kappa shape index (κ2) is 5.65. The van der Waals surface area contributed by atoms with E-state index < -0.39 is 0 Å². The quantitative estimate of drug-likeness (QED) is 0.896. The normalized spacial score (nSPS) is 32.8. The third-order valence-electron chi connectivity index (χ3n) is 6.04. The molecule has 22 heavy (non-hydrogen) atoms. The molecule has 0 aromatic carbocycles. The molecule has 2 fully saturated rings. The standard InChI is InChI=1S/C18H25N3O/c19-16-9-12-7-13(8-15(12)16)18(22)21-10-17-14-4-2-1-3-11(14)5-6-20-17/h5-6,12-13,15-16H,1-4,7-10,19H2,(H,21,22)/t12-,13?,15-,16+/m0/s1. The van der Waals surface area contributed by atoms with Crippen LogP contribution in [0.5, 0.6) is 0 Å². The molecule has 4 rings (SSSR count). The van der Waals surface area contributed by atoms with Crippen LogP contribution < -0.4 is 11.1 Å². The monoisotopic (exact) mass is 299 g/mol. The molecule has 4 atom stereocenters. The number of nitrogens with one attached hydrogen (secondary N) is 1. The van der Waals surface area contributed by atoms with Gasteiger partial charge < -0.3 is 11.1 Å². The van der Waals surface area contributed by atoms with Gasteiger partial charge in [-0.2, -0.15) is 0 Å². The van der Waals surface area contributed by atoms with Crippen molar-refractivity contribution in [3.05, 3.63) is 29.1 Å². The van der Waals surface area contributed by atoms with Crippen LogP contribution in [0.25, 0.3) is 0 Å². The number of rotatable bonds is 3. The van der Waals surface area contributed by atoms with E-state index in [0.717, 1.165) is 37.8 Å². The van der Waals surface area contributed by atoms with Crippen molar-refractivity contribution in [3.63, 3.8) is 0 Å². The van der Waals surface area contributed by atoms with E-state index >= 15 is 0 Å². The van der Waals surface area contributed by atoms with Crippen molar-refractivity contribution in [3.8, 4) is 0 Å². The van der Waals surface area contributed by atoms with Gasteiger partial charge in [-0.3, -0.25) is 9.78 Å². The number of fused-ring (bicyclic) bond motifs is 2. The topological polar surface area (TPSA) is 68.0 Å². The van der Waals surface area contributed by atoms with E-state index in [-0.39, 0.29) is 11.8 Å². The lowest BCUT2D eigenvalue weighted by Gasteiger charge is -2.37. The minimum atomic E-state index is 0.170. The summed E-state index contributed by atoms with van der Waals surface area (Å²) in [7, 11) is 0. The molecule has 1 amide bonds. The van der Waals surface area contributed by atoms with Crippen LogP contribution in [-0.2, 0) is 24.2 Å². The summed E-state index contributed by atoms with van der Waals surface area (Å²) in [6, 6.07) is 2.47. The van der Waals surface area contributed by atoms with Crippen LogP contribution in [0.15, 0.2) is 12.3 Å². The van der Waals surface area contributed by atoms with Crippen LogP contribution in [0.4, 0.5) is 0 Å². The first-order chi connectivity index (χ1) is 10.7. The summed E-state index contributed by atoms with van der Waals surface area (Å²) in [6.07, 6.45) is 9.79. The van der Waals surface area contributed by atoms with Crippen molar-refractivity contribution >= 4 is 5.91 Å². The summed E-state index contributed by atoms with van der Waals surface area (Å²) < 4.78 is 0. The van der Waals surface area contributed by atoms with Gasteiger partial charge in [-0.25, -0.2) is 0 Å². The summed E-state index contributed by atoms with van der Waals surface area (Å²) in [5.41, 5.74) is 9.90. The van der Waals surface area contributed by atoms with Crippen LogP contribution in [0.1, 0.15) is 48.9 Å². The van der Waals surface area contributed by atoms with E-state index in [2.05, 4.69) is 16.4 Å². The minimum Gasteiger partial charge on any atom is -0.350 e. The zero-order valence-corrected chi connectivity index (χ0v) is 13.1. The molecule has 1 unspecified atom stereocenters. The third-order valence-corrected chi connectivity index (χ3v) is 6.04. The fourth-order valence-corrected chi connectivity index (χ4v) is 4.70. The summed E-state index contributed by atoms with van der Waals surface area (Å²) in [6.45, 7) is 0.583. The first-order valence-electron chi connectivity index (χ1n) is 8.71. The predicted molar refractivity (Wildman–Crippen MR) is 85.0 cm³/mol. The number of amides is 1. The lowest BCUT2D eigenvalue weighted by molar-refractivity contribution is -0.125. The molecule has 1 aromatic heterocycles. The molecule has 0 saturated heterocycles. The molecular weight excluding hydrogens is 274 g/mol. The van der Waals surface area contributed by atoms with Gasteiger partial charge >= 0.3 is 0 Å². The van der Waals surface area contributed by atoms with E-state index in [9.17, 15) is 4.79 Å². The van der Waals surface area contributed by atoms with Gasteiger partial charge in [-0.15, -0.1) is 0 Å². The lowest BCUT2D eigenvalue weighted by atomic mass is 9.72. The number of nitrogens with zero attached hydrogens (tertiary/aromatic N) is 1. The van der Waals surface area contributed by atoms with Crippen LogP contribution in [0, 0.1) is 17.8 Å². The van der Waals surface area contributed by atoms with Gasteiger partial charge in [-0.1, -0.05) is 0 Å². The molecule has 0 radical (unpaired) electrons. The van der Waals surface area contributed by atoms with Gasteiger partial charge in [0.2, 0.25) is 5.91 Å². The Bertz CT molecular complexity index is 586. The van der Waals surface area contributed by atoms with E-state index in [1.807, 2.05) is 6.20 Å². The number of carbonyl (C=O) groups excluding carboxylic acids is 1. The smallest absolute Gasteiger partial charge is 0.223 e. The Balaban J connectivity index is 1.38.